The van der Waals surface area contributed by atoms with Gasteiger partial charge < -0.3 is 23.8 Å². The summed E-state index contributed by atoms with van der Waals surface area (Å²) < 4.78 is 17.0. The van der Waals surface area contributed by atoms with E-state index in [-0.39, 0.29) is 42.7 Å². The molecule has 2 atom stereocenters. The van der Waals surface area contributed by atoms with Crippen molar-refractivity contribution in [3.8, 4) is 0 Å². The molecule has 0 amide bonds. The molecule has 8 nitrogen and oxygen atoms in total. The Balaban J connectivity index is 4.52. The number of esters is 2. The first-order chi connectivity index (χ1) is 23.1. The first-order valence-corrected chi connectivity index (χ1v) is 18.3. The van der Waals surface area contributed by atoms with Crippen molar-refractivity contribution in [1.29, 1.82) is 0 Å². The Kier molecular flexibility index (Phi) is 29.4. The van der Waals surface area contributed by atoms with Crippen LogP contribution in [0.2, 0.25) is 0 Å². The Bertz CT molecular complexity index is 975. The minimum Gasteiger partial charge on any atom is -0.477 e. The first kappa shape index (κ1) is 45.0. The number of hydrogen-bond acceptors (Lipinski definition) is 6. The van der Waals surface area contributed by atoms with E-state index in [0.29, 0.717) is 19.3 Å². The van der Waals surface area contributed by atoms with Crippen LogP contribution in [0.15, 0.2) is 60.8 Å². The second-order valence-electron chi connectivity index (χ2n) is 13.1. The average molecular weight is 675 g/mol. The summed E-state index contributed by atoms with van der Waals surface area (Å²) in [7, 11) is 5.48. The van der Waals surface area contributed by atoms with Crippen LogP contribution in [0.3, 0.4) is 0 Å². The topological polar surface area (TPSA) is 99.1 Å². The SMILES string of the molecule is CC/C=C\C/C=C\C/C=C\C/C=C\C/C=C\CCCC(=O)OC(COCCC(C(=O)O)[N+](C)(C)C)COC(=O)CCCCCCCCC. The van der Waals surface area contributed by atoms with Gasteiger partial charge in [-0.3, -0.25) is 9.59 Å². The van der Waals surface area contributed by atoms with Crippen molar-refractivity contribution in [2.75, 3.05) is 41.0 Å². The number of nitrogens with zero attached hydrogens (tertiary/aromatic N) is 1. The molecule has 0 bridgehead atoms. The minimum absolute atomic E-state index is 0.0364. The largest absolute Gasteiger partial charge is 0.477 e. The molecule has 0 saturated carbocycles. The summed E-state index contributed by atoms with van der Waals surface area (Å²) in [6, 6.07) is -0.623. The molecule has 48 heavy (non-hydrogen) atoms. The van der Waals surface area contributed by atoms with Crippen molar-refractivity contribution in [1.82, 2.24) is 0 Å². The molecule has 0 rings (SSSR count). The summed E-state index contributed by atoms with van der Waals surface area (Å²) in [6.07, 6.45) is 35.7. The average Bonchev–Trinajstić information content (AvgIpc) is 3.03. The van der Waals surface area contributed by atoms with Crippen LogP contribution >= 0.6 is 0 Å². The molecule has 0 fully saturated rings. The van der Waals surface area contributed by atoms with E-state index in [1.165, 1.54) is 25.7 Å². The molecule has 0 radical (unpaired) electrons. The van der Waals surface area contributed by atoms with E-state index in [1.807, 2.05) is 21.1 Å². The number of ether oxygens (including phenoxy) is 3. The lowest BCUT2D eigenvalue weighted by Crippen LogP contribution is -2.50. The number of carbonyl (C=O) groups excluding carboxylic acids is 2. The number of carboxylic acid groups (broad SMARTS) is 1. The van der Waals surface area contributed by atoms with Crippen LogP contribution in [0.25, 0.3) is 0 Å². The Morgan fingerprint density at radius 1 is 0.646 bits per heavy atom. The van der Waals surface area contributed by atoms with Gasteiger partial charge in [-0.25, -0.2) is 4.79 Å². The first-order valence-electron chi connectivity index (χ1n) is 18.3. The third kappa shape index (κ3) is 29.2. The third-order valence-electron chi connectivity index (χ3n) is 7.68. The lowest BCUT2D eigenvalue weighted by atomic mass is 10.1. The smallest absolute Gasteiger partial charge is 0.362 e. The van der Waals surface area contributed by atoms with Gasteiger partial charge in [0.25, 0.3) is 0 Å². The van der Waals surface area contributed by atoms with Gasteiger partial charge in [-0.2, -0.15) is 0 Å². The molecule has 0 aliphatic rings. The van der Waals surface area contributed by atoms with Crippen LogP contribution < -0.4 is 0 Å². The van der Waals surface area contributed by atoms with Crippen LogP contribution in [-0.4, -0.2) is 80.6 Å². The van der Waals surface area contributed by atoms with E-state index in [1.54, 1.807) is 0 Å². The maximum atomic E-state index is 12.6. The molecule has 0 aromatic carbocycles. The Hall–Kier alpha value is -2.97. The minimum atomic E-state index is -0.888. The molecule has 274 valence electrons. The summed E-state index contributed by atoms with van der Waals surface area (Å²) in [5.41, 5.74) is 0. The number of rotatable bonds is 31. The number of carbonyl (C=O) groups is 3. The summed E-state index contributed by atoms with van der Waals surface area (Å²) in [4.78, 5) is 36.6. The summed E-state index contributed by atoms with van der Waals surface area (Å²) >= 11 is 0. The van der Waals surface area contributed by atoms with E-state index in [9.17, 15) is 19.5 Å². The fraction of sp³-hybridized carbons (Fsp3) is 0.675. The van der Waals surface area contributed by atoms with Crippen molar-refractivity contribution in [3.05, 3.63) is 60.8 Å². The number of allylic oxidation sites excluding steroid dienone is 10. The van der Waals surface area contributed by atoms with Gasteiger partial charge in [0, 0.05) is 19.3 Å². The number of quaternary nitrogens is 1. The van der Waals surface area contributed by atoms with Crippen molar-refractivity contribution < 1.29 is 38.2 Å². The molecule has 8 heteroatoms. The monoisotopic (exact) mass is 674 g/mol. The Morgan fingerprint density at radius 3 is 1.71 bits per heavy atom. The highest BCUT2D eigenvalue weighted by Crippen LogP contribution is 2.11. The lowest BCUT2D eigenvalue weighted by molar-refractivity contribution is -0.887. The molecule has 0 aliphatic carbocycles. The van der Waals surface area contributed by atoms with E-state index in [0.717, 1.165) is 57.8 Å². The van der Waals surface area contributed by atoms with Gasteiger partial charge in [0.15, 0.2) is 12.1 Å². The molecule has 0 spiro atoms. The van der Waals surface area contributed by atoms with Crippen LogP contribution in [0.1, 0.15) is 123 Å². The fourth-order valence-corrected chi connectivity index (χ4v) is 4.83. The highest BCUT2D eigenvalue weighted by molar-refractivity contribution is 5.72. The zero-order valence-corrected chi connectivity index (χ0v) is 30.9. The predicted octanol–water partition coefficient (Wildman–Crippen LogP) is 9.07. The molecule has 0 heterocycles. The molecular formula is C40H68NO7+. The lowest BCUT2D eigenvalue weighted by Gasteiger charge is -2.31. The zero-order valence-electron chi connectivity index (χ0n) is 30.9. The van der Waals surface area contributed by atoms with Gasteiger partial charge in [-0.05, 0) is 51.4 Å². The molecular weight excluding hydrogens is 606 g/mol. The molecule has 0 aromatic rings. The van der Waals surface area contributed by atoms with Crippen molar-refractivity contribution in [3.63, 3.8) is 0 Å². The van der Waals surface area contributed by atoms with Gasteiger partial charge in [-0.15, -0.1) is 0 Å². The molecule has 0 aliphatic heterocycles. The summed E-state index contributed by atoms with van der Waals surface area (Å²) in [5.74, 6) is -1.56. The maximum Gasteiger partial charge on any atom is 0.362 e. The van der Waals surface area contributed by atoms with Crippen molar-refractivity contribution in [2.24, 2.45) is 0 Å². The molecule has 0 saturated heterocycles. The summed E-state index contributed by atoms with van der Waals surface area (Å²) in [6.45, 7) is 4.48. The van der Waals surface area contributed by atoms with E-state index >= 15 is 0 Å². The van der Waals surface area contributed by atoms with Crippen molar-refractivity contribution in [2.45, 2.75) is 135 Å². The van der Waals surface area contributed by atoms with E-state index in [4.69, 9.17) is 14.2 Å². The van der Waals surface area contributed by atoms with Crippen LogP contribution in [-0.2, 0) is 28.6 Å². The zero-order chi connectivity index (χ0) is 35.7. The normalized spacial score (nSPS) is 13.8. The quantitative estimate of drug-likeness (QED) is 0.0339. The van der Waals surface area contributed by atoms with Gasteiger partial charge in [0.2, 0.25) is 0 Å². The Labute approximate surface area is 292 Å². The third-order valence-corrected chi connectivity index (χ3v) is 7.68. The summed E-state index contributed by atoms with van der Waals surface area (Å²) in [5, 5.41) is 9.55. The predicted molar refractivity (Wildman–Crippen MR) is 197 cm³/mol. The number of carboxylic acids is 1. The maximum absolute atomic E-state index is 12.6. The van der Waals surface area contributed by atoms with E-state index in [2.05, 4.69) is 74.6 Å². The second kappa shape index (κ2) is 31.3. The standard InChI is InChI=1S/C40H67NO7/c1-6-8-10-12-14-15-16-17-18-19-20-21-22-23-25-27-29-31-39(43)48-36(34-46-33-32-37(40(44)45)41(3,4)5)35-47-38(42)30-28-26-24-13-11-9-7-2/h8,10,14-15,17-18,20-21,23,25,36-37H,6-7,9,11-13,16,19,22,24,26-35H2,1-5H3/p+1/b10-8-,15-14-,18-17-,21-20-,25-23-. The van der Waals surface area contributed by atoms with Crippen LogP contribution in [0, 0.1) is 0 Å². The number of hydrogen-bond donors (Lipinski definition) is 1. The van der Waals surface area contributed by atoms with Gasteiger partial charge in [-0.1, -0.05) is 113 Å². The van der Waals surface area contributed by atoms with Gasteiger partial charge in [0.05, 0.1) is 34.4 Å². The second-order valence-corrected chi connectivity index (χ2v) is 13.1. The van der Waals surface area contributed by atoms with Crippen molar-refractivity contribution >= 4 is 17.9 Å². The number of aliphatic carboxylic acids is 1. The molecule has 0 aromatic heterocycles. The van der Waals surface area contributed by atoms with Gasteiger partial charge in [0.1, 0.15) is 6.61 Å². The number of likely N-dealkylation sites (N-methyl/N-ethyl adjacent to an activating group) is 1. The fourth-order valence-electron chi connectivity index (χ4n) is 4.83. The highest BCUT2D eigenvalue weighted by atomic mass is 16.6. The van der Waals surface area contributed by atoms with Gasteiger partial charge >= 0.3 is 17.9 Å². The molecule has 1 N–H and O–H groups in total. The van der Waals surface area contributed by atoms with Crippen LogP contribution in [0.5, 0.6) is 0 Å². The van der Waals surface area contributed by atoms with E-state index < -0.39 is 18.1 Å². The molecule has 2 unspecified atom stereocenters. The van der Waals surface area contributed by atoms with Crippen LogP contribution in [0.4, 0.5) is 0 Å². The highest BCUT2D eigenvalue weighted by Gasteiger charge is 2.31. The number of unbranched alkanes of at least 4 members (excludes halogenated alkanes) is 7. The Morgan fingerprint density at radius 2 is 1.17 bits per heavy atom.